The van der Waals surface area contributed by atoms with Gasteiger partial charge in [0.2, 0.25) is 0 Å². The molecule has 0 aliphatic carbocycles. The minimum atomic E-state index is -1.33. The molecule has 17 heavy (non-hydrogen) atoms. The smallest absolute Gasteiger partial charge is 0.328 e. The number of carbonyl (C=O) groups is 2. The first-order valence-corrected chi connectivity index (χ1v) is 4.84. The molecule has 1 amide bonds. The lowest BCUT2D eigenvalue weighted by atomic mass is 10.2. The van der Waals surface area contributed by atoms with Gasteiger partial charge in [0.05, 0.1) is 6.61 Å². The van der Waals surface area contributed by atoms with Crippen molar-refractivity contribution < 1.29 is 19.8 Å². The lowest BCUT2D eigenvalue weighted by Crippen LogP contribution is -2.42. The predicted octanol–water partition coefficient (Wildman–Crippen LogP) is -0.400. The molecule has 0 saturated heterocycles. The number of carboxylic acids is 1. The van der Waals surface area contributed by atoms with Gasteiger partial charge in [0.15, 0.2) is 6.04 Å². The summed E-state index contributed by atoms with van der Waals surface area (Å²) in [5, 5.41) is 19.3. The average molecular weight is 233 g/mol. The molecule has 3 N–H and O–H groups in total. The van der Waals surface area contributed by atoms with E-state index in [9.17, 15) is 9.59 Å². The van der Waals surface area contributed by atoms with E-state index in [-0.39, 0.29) is 0 Å². The van der Waals surface area contributed by atoms with Crippen molar-refractivity contribution in [2.24, 2.45) is 0 Å². The molecule has 0 radical (unpaired) electrons. The van der Waals surface area contributed by atoms with Crippen molar-refractivity contribution in [2.45, 2.75) is 6.04 Å². The monoisotopic (exact) mass is 233 g/mol. The summed E-state index contributed by atoms with van der Waals surface area (Å²) >= 11 is 0. The number of nitrogens with one attached hydrogen (secondary N) is 1. The lowest BCUT2D eigenvalue weighted by Gasteiger charge is -2.07. The van der Waals surface area contributed by atoms with E-state index in [2.05, 4.69) is 17.2 Å². The van der Waals surface area contributed by atoms with E-state index in [1.165, 1.54) is 0 Å². The highest BCUT2D eigenvalue weighted by molar-refractivity contribution is 5.96. The van der Waals surface area contributed by atoms with E-state index in [0.29, 0.717) is 5.56 Å². The van der Waals surface area contributed by atoms with Gasteiger partial charge >= 0.3 is 5.97 Å². The Kier molecular flexibility index (Phi) is 4.73. The van der Waals surface area contributed by atoms with Crippen LogP contribution in [0.5, 0.6) is 0 Å². The lowest BCUT2D eigenvalue weighted by molar-refractivity contribution is -0.142. The number of carbonyl (C=O) groups excluding carboxylic acids is 1. The van der Waals surface area contributed by atoms with Gasteiger partial charge in [-0.05, 0) is 12.1 Å². The number of amides is 1. The molecular formula is C12H11NO4. The zero-order valence-corrected chi connectivity index (χ0v) is 8.88. The SMILES string of the molecule is O=C(C#Cc1ccccc1)N[C@H](CO)C(=O)O. The Labute approximate surface area is 98.1 Å². The summed E-state index contributed by atoms with van der Waals surface area (Å²) < 4.78 is 0. The first kappa shape index (κ1) is 12.7. The highest BCUT2D eigenvalue weighted by Gasteiger charge is 2.17. The molecule has 88 valence electrons. The van der Waals surface area contributed by atoms with Crippen LogP contribution in [0, 0.1) is 11.8 Å². The highest BCUT2D eigenvalue weighted by atomic mass is 16.4. The van der Waals surface area contributed by atoms with Crippen molar-refractivity contribution in [1.29, 1.82) is 0 Å². The molecule has 0 heterocycles. The summed E-state index contributed by atoms with van der Waals surface area (Å²) in [5.74, 6) is 2.78. The molecule has 0 aromatic heterocycles. The summed E-state index contributed by atoms with van der Waals surface area (Å²) in [4.78, 5) is 21.7. The van der Waals surface area contributed by atoms with E-state index in [1.807, 2.05) is 6.07 Å². The van der Waals surface area contributed by atoms with Crippen LogP contribution >= 0.6 is 0 Å². The Morgan fingerprint density at radius 3 is 2.47 bits per heavy atom. The summed E-state index contributed by atoms with van der Waals surface area (Å²) in [6, 6.07) is 7.48. The molecular weight excluding hydrogens is 222 g/mol. The summed E-state index contributed by atoms with van der Waals surface area (Å²) in [6.07, 6.45) is 0. The molecule has 0 spiro atoms. The number of rotatable bonds is 3. The maximum atomic E-state index is 11.2. The van der Waals surface area contributed by atoms with Gasteiger partial charge in [0.1, 0.15) is 0 Å². The molecule has 0 saturated carbocycles. The quantitative estimate of drug-likeness (QED) is 0.620. The Morgan fingerprint density at radius 2 is 1.94 bits per heavy atom. The van der Waals surface area contributed by atoms with Crippen molar-refractivity contribution >= 4 is 11.9 Å². The number of hydrogen-bond donors (Lipinski definition) is 3. The second-order valence-electron chi connectivity index (χ2n) is 3.16. The number of carboxylic acid groups (broad SMARTS) is 1. The predicted molar refractivity (Wildman–Crippen MR) is 60.0 cm³/mol. The maximum absolute atomic E-state index is 11.2. The van der Waals surface area contributed by atoms with Gasteiger partial charge in [0.25, 0.3) is 5.91 Å². The van der Waals surface area contributed by atoms with Crippen LogP contribution in [0.4, 0.5) is 0 Å². The molecule has 1 aromatic rings. The summed E-state index contributed by atoms with van der Waals surface area (Å²) in [7, 11) is 0. The Morgan fingerprint density at radius 1 is 1.29 bits per heavy atom. The summed E-state index contributed by atoms with van der Waals surface area (Å²) in [6.45, 7) is -0.673. The van der Waals surface area contributed by atoms with E-state index >= 15 is 0 Å². The first-order chi connectivity index (χ1) is 8.13. The van der Waals surface area contributed by atoms with Gasteiger partial charge in [-0.25, -0.2) is 4.79 Å². The Balaban J connectivity index is 2.62. The minimum Gasteiger partial charge on any atom is -0.480 e. The highest BCUT2D eigenvalue weighted by Crippen LogP contribution is 1.94. The zero-order valence-electron chi connectivity index (χ0n) is 8.88. The number of benzene rings is 1. The third-order valence-corrected chi connectivity index (χ3v) is 1.88. The fourth-order valence-electron chi connectivity index (χ4n) is 1.03. The van der Waals surface area contributed by atoms with E-state index in [4.69, 9.17) is 10.2 Å². The van der Waals surface area contributed by atoms with Crippen molar-refractivity contribution in [1.82, 2.24) is 5.32 Å². The molecule has 1 rings (SSSR count). The van der Waals surface area contributed by atoms with Crippen molar-refractivity contribution in [3.63, 3.8) is 0 Å². The number of aliphatic hydroxyl groups excluding tert-OH is 1. The number of aliphatic hydroxyl groups is 1. The summed E-state index contributed by atoms with van der Waals surface area (Å²) in [5.41, 5.74) is 0.651. The van der Waals surface area contributed by atoms with Crippen LogP contribution in [-0.2, 0) is 9.59 Å². The van der Waals surface area contributed by atoms with Crippen molar-refractivity contribution in [3.8, 4) is 11.8 Å². The largest absolute Gasteiger partial charge is 0.480 e. The molecule has 5 nitrogen and oxygen atoms in total. The van der Waals surface area contributed by atoms with Crippen LogP contribution < -0.4 is 5.32 Å². The van der Waals surface area contributed by atoms with E-state index < -0.39 is 24.5 Å². The fourth-order valence-corrected chi connectivity index (χ4v) is 1.03. The standard InChI is InChI=1S/C12H11NO4/c14-8-10(12(16)17)13-11(15)7-6-9-4-2-1-3-5-9/h1-5,10,14H,8H2,(H,13,15)(H,16,17)/t10-/m1/s1. The Bertz CT molecular complexity index is 458. The first-order valence-electron chi connectivity index (χ1n) is 4.84. The van der Waals surface area contributed by atoms with Gasteiger partial charge in [-0.3, -0.25) is 4.79 Å². The normalized spacial score (nSPS) is 10.9. The van der Waals surface area contributed by atoms with Crippen molar-refractivity contribution in [2.75, 3.05) is 6.61 Å². The van der Waals surface area contributed by atoms with Gasteiger partial charge < -0.3 is 15.5 Å². The van der Waals surface area contributed by atoms with Crippen LogP contribution in [0.2, 0.25) is 0 Å². The van der Waals surface area contributed by atoms with Gasteiger partial charge in [-0.2, -0.15) is 0 Å². The van der Waals surface area contributed by atoms with Gasteiger partial charge in [-0.1, -0.05) is 24.1 Å². The van der Waals surface area contributed by atoms with E-state index in [1.54, 1.807) is 24.3 Å². The van der Waals surface area contributed by atoms with Gasteiger partial charge in [0, 0.05) is 11.5 Å². The van der Waals surface area contributed by atoms with E-state index in [0.717, 1.165) is 0 Å². The maximum Gasteiger partial charge on any atom is 0.328 e. The topological polar surface area (TPSA) is 86.6 Å². The van der Waals surface area contributed by atoms with Crippen LogP contribution in [0.1, 0.15) is 5.56 Å². The fraction of sp³-hybridized carbons (Fsp3) is 0.167. The Hall–Kier alpha value is -2.32. The van der Waals surface area contributed by atoms with Gasteiger partial charge in [-0.15, -0.1) is 0 Å². The average Bonchev–Trinajstić information content (AvgIpc) is 2.34. The van der Waals surface area contributed by atoms with Crippen LogP contribution in [-0.4, -0.2) is 34.7 Å². The molecule has 5 heteroatoms. The molecule has 0 aliphatic rings. The van der Waals surface area contributed by atoms with Crippen LogP contribution in [0.15, 0.2) is 30.3 Å². The molecule has 1 atom stereocenters. The van der Waals surface area contributed by atoms with Crippen LogP contribution in [0.3, 0.4) is 0 Å². The molecule has 1 aromatic carbocycles. The number of aliphatic carboxylic acids is 1. The minimum absolute atomic E-state index is 0.651. The van der Waals surface area contributed by atoms with Crippen molar-refractivity contribution in [3.05, 3.63) is 35.9 Å². The molecule has 0 unspecified atom stereocenters. The number of hydrogen-bond acceptors (Lipinski definition) is 3. The zero-order chi connectivity index (χ0) is 12.7. The van der Waals surface area contributed by atoms with Crippen LogP contribution in [0.25, 0.3) is 0 Å². The molecule has 0 bridgehead atoms. The molecule has 0 fully saturated rings. The second kappa shape index (κ2) is 6.30. The third-order valence-electron chi connectivity index (χ3n) is 1.88. The second-order valence-corrected chi connectivity index (χ2v) is 3.16. The third kappa shape index (κ3) is 4.36. The molecule has 0 aliphatic heterocycles.